The molecule has 16 heavy (non-hydrogen) atoms. The fourth-order valence-corrected chi connectivity index (χ4v) is 1.33. The molecule has 2 nitrogen and oxygen atoms in total. The number of nitrogens with zero attached hydrogens (tertiary/aromatic N) is 1. The Hall–Kier alpha value is -1.24. The van der Waals surface area contributed by atoms with Crippen molar-refractivity contribution in [2.24, 2.45) is 5.73 Å². The molecule has 0 saturated heterocycles. The van der Waals surface area contributed by atoms with Crippen LogP contribution in [0.4, 0.5) is 22.0 Å². The topological polar surface area (TPSA) is 38.9 Å². The van der Waals surface area contributed by atoms with Crippen molar-refractivity contribution in [1.82, 2.24) is 4.98 Å². The predicted molar refractivity (Wildman–Crippen MR) is 47.0 cm³/mol. The molecule has 0 aliphatic rings. The Morgan fingerprint density at radius 1 is 1.31 bits per heavy atom. The third kappa shape index (κ3) is 2.66. The number of hydrogen-bond acceptors (Lipinski definition) is 2. The second-order valence-corrected chi connectivity index (χ2v) is 3.14. The zero-order valence-electron chi connectivity index (χ0n) is 8.01. The first-order chi connectivity index (χ1) is 7.38. The monoisotopic (exact) mass is 240 g/mol. The van der Waals surface area contributed by atoms with Crippen LogP contribution in [0.3, 0.4) is 0 Å². The lowest BCUT2D eigenvalue weighted by atomic mass is 9.96. The summed E-state index contributed by atoms with van der Waals surface area (Å²) in [6, 6.07) is 0.667. The highest BCUT2D eigenvalue weighted by molar-refractivity contribution is 5.30. The van der Waals surface area contributed by atoms with Crippen LogP contribution in [0.25, 0.3) is 0 Å². The lowest BCUT2D eigenvalue weighted by Crippen LogP contribution is -2.23. The van der Waals surface area contributed by atoms with Crippen LogP contribution in [0.15, 0.2) is 18.5 Å². The Bertz CT molecular complexity index is 350. The molecule has 0 radical (unpaired) electrons. The Kier molecular flexibility index (Phi) is 3.79. The van der Waals surface area contributed by atoms with Gasteiger partial charge in [-0.05, 0) is 11.6 Å². The van der Waals surface area contributed by atoms with Gasteiger partial charge in [-0.3, -0.25) is 4.98 Å². The first-order valence-corrected chi connectivity index (χ1v) is 4.37. The summed E-state index contributed by atoms with van der Waals surface area (Å²) in [4.78, 5) is 3.42. The zero-order valence-corrected chi connectivity index (χ0v) is 8.01. The van der Waals surface area contributed by atoms with E-state index in [0.717, 1.165) is 12.4 Å². The molecule has 0 saturated carbocycles. The molecule has 0 bridgehead atoms. The zero-order chi connectivity index (χ0) is 12.3. The second kappa shape index (κ2) is 4.73. The summed E-state index contributed by atoms with van der Waals surface area (Å²) in [5.74, 6) is -1.65. The molecule has 1 aromatic heterocycles. The maximum absolute atomic E-state index is 12.5. The molecule has 0 spiro atoms. The standard InChI is InChI=1S/C9H9F5N2/c10-8(11)5(3-15)6-4-16-2-1-7(6)9(12,13)14/h1-2,4-5,8H,3,15H2. The van der Waals surface area contributed by atoms with E-state index in [1.54, 1.807) is 0 Å². The van der Waals surface area contributed by atoms with E-state index in [4.69, 9.17) is 5.73 Å². The summed E-state index contributed by atoms with van der Waals surface area (Å²) in [5.41, 5.74) is 3.37. The van der Waals surface area contributed by atoms with Crippen LogP contribution in [-0.4, -0.2) is 18.0 Å². The molecule has 1 atom stereocenters. The molecule has 7 heteroatoms. The molecule has 1 rings (SSSR count). The summed E-state index contributed by atoms with van der Waals surface area (Å²) < 4.78 is 62.4. The molecule has 1 heterocycles. The average molecular weight is 240 g/mol. The van der Waals surface area contributed by atoms with Gasteiger partial charge in [-0.2, -0.15) is 13.2 Å². The van der Waals surface area contributed by atoms with Gasteiger partial charge in [-0.25, -0.2) is 8.78 Å². The molecule has 1 aromatic rings. The van der Waals surface area contributed by atoms with Crippen molar-refractivity contribution in [2.75, 3.05) is 6.54 Å². The van der Waals surface area contributed by atoms with Gasteiger partial charge < -0.3 is 5.73 Å². The highest BCUT2D eigenvalue weighted by Gasteiger charge is 2.37. The van der Waals surface area contributed by atoms with E-state index < -0.39 is 36.2 Å². The number of rotatable bonds is 3. The first-order valence-electron chi connectivity index (χ1n) is 4.37. The van der Waals surface area contributed by atoms with Crippen LogP contribution in [0, 0.1) is 0 Å². The van der Waals surface area contributed by atoms with Gasteiger partial charge in [0.1, 0.15) is 0 Å². The van der Waals surface area contributed by atoms with Crippen LogP contribution in [0.2, 0.25) is 0 Å². The Morgan fingerprint density at radius 3 is 2.38 bits per heavy atom. The van der Waals surface area contributed by atoms with Crippen molar-refractivity contribution < 1.29 is 22.0 Å². The second-order valence-electron chi connectivity index (χ2n) is 3.14. The summed E-state index contributed by atoms with van der Waals surface area (Å²) >= 11 is 0. The van der Waals surface area contributed by atoms with Crippen LogP contribution >= 0.6 is 0 Å². The molecule has 0 fully saturated rings. The molecule has 90 valence electrons. The van der Waals surface area contributed by atoms with Gasteiger partial charge >= 0.3 is 6.18 Å². The van der Waals surface area contributed by atoms with Crippen molar-refractivity contribution in [3.05, 3.63) is 29.6 Å². The van der Waals surface area contributed by atoms with Gasteiger partial charge in [0.2, 0.25) is 6.43 Å². The third-order valence-electron chi connectivity index (χ3n) is 2.11. The molecule has 2 N–H and O–H groups in total. The number of pyridine rings is 1. The van der Waals surface area contributed by atoms with E-state index in [1.165, 1.54) is 0 Å². The SMILES string of the molecule is NCC(c1cnccc1C(F)(F)F)C(F)F. The van der Waals surface area contributed by atoms with Crippen LogP contribution < -0.4 is 5.73 Å². The summed E-state index contributed by atoms with van der Waals surface area (Å²) in [7, 11) is 0. The largest absolute Gasteiger partial charge is 0.416 e. The van der Waals surface area contributed by atoms with E-state index in [-0.39, 0.29) is 0 Å². The number of alkyl halides is 5. The van der Waals surface area contributed by atoms with Gasteiger partial charge in [0, 0.05) is 18.9 Å². The number of halogens is 5. The molecule has 0 amide bonds. The molecular weight excluding hydrogens is 231 g/mol. The summed E-state index contributed by atoms with van der Waals surface area (Å²) in [5, 5.41) is 0. The van der Waals surface area contributed by atoms with Crippen LogP contribution in [0.1, 0.15) is 17.0 Å². The van der Waals surface area contributed by atoms with Crippen molar-refractivity contribution in [2.45, 2.75) is 18.5 Å². The van der Waals surface area contributed by atoms with E-state index in [2.05, 4.69) is 4.98 Å². The van der Waals surface area contributed by atoms with Crippen molar-refractivity contribution in [1.29, 1.82) is 0 Å². The number of aromatic nitrogens is 1. The van der Waals surface area contributed by atoms with E-state index in [0.29, 0.717) is 6.07 Å². The van der Waals surface area contributed by atoms with Crippen molar-refractivity contribution in [3.8, 4) is 0 Å². The number of nitrogens with two attached hydrogens (primary N) is 1. The van der Waals surface area contributed by atoms with Crippen molar-refractivity contribution in [3.63, 3.8) is 0 Å². The molecular formula is C9H9F5N2. The average Bonchev–Trinajstić information content (AvgIpc) is 2.17. The quantitative estimate of drug-likeness (QED) is 0.824. The van der Waals surface area contributed by atoms with Gasteiger partial charge in [0.25, 0.3) is 0 Å². The highest BCUT2D eigenvalue weighted by atomic mass is 19.4. The highest BCUT2D eigenvalue weighted by Crippen LogP contribution is 2.36. The van der Waals surface area contributed by atoms with E-state index >= 15 is 0 Å². The molecule has 0 aliphatic heterocycles. The van der Waals surface area contributed by atoms with Crippen LogP contribution in [-0.2, 0) is 6.18 Å². The summed E-state index contributed by atoms with van der Waals surface area (Å²) in [6.07, 6.45) is -5.94. The fraction of sp³-hybridized carbons (Fsp3) is 0.444. The Labute approximate surface area is 88.3 Å². The minimum atomic E-state index is -4.68. The molecule has 0 aromatic carbocycles. The minimum absolute atomic E-state index is 0.562. The lowest BCUT2D eigenvalue weighted by molar-refractivity contribution is -0.138. The van der Waals surface area contributed by atoms with Gasteiger partial charge in [0.05, 0.1) is 11.5 Å². The maximum Gasteiger partial charge on any atom is 0.416 e. The normalized spacial score (nSPS) is 14.2. The Balaban J connectivity index is 3.22. The molecule has 1 unspecified atom stereocenters. The molecule has 0 aliphatic carbocycles. The minimum Gasteiger partial charge on any atom is -0.330 e. The first kappa shape index (κ1) is 12.8. The van der Waals surface area contributed by atoms with Gasteiger partial charge in [-0.15, -0.1) is 0 Å². The lowest BCUT2D eigenvalue weighted by Gasteiger charge is -2.18. The van der Waals surface area contributed by atoms with E-state index in [1.807, 2.05) is 0 Å². The van der Waals surface area contributed by atoms with Crippen LogP contribution in [0.5, 0.6) is 0 Å². The third-order valence-corrected chi connectivity index (χ3v) is 2.11. The maximum atomic E-state index is 12.5. The number of hydrogen-bond donors (Lipinski definition) is 1. The Morgan fingerprint density at radius 2 is 1.94 bits per heavy atom. The van der Waals surface area contributed by atoms with E-state index in [9.17, 15) is 22.0 Å². The fourth-order valence-electron chi connectivity index (χ4n) is 1.33. The smallest absolute Gasteiger partial charge is 0.330 e. The van der Waals surface area contributed by atoms with Gasteiger partial charge in [0.15, 0.2) is 0 Å². The van der Waals surface area contributed by atoms with Crippen molar-refractivity contribution >= 4 is 0 Å². The van der Waals surface area contributed by atoms with Gasteiger partial charge in [-0.1, -0.05) is 0 Å². The predicted octanol–water partition coefficient (Wildman–Crippen LogP) is 2.41. The summed E-state index contributed by atoms with van der Waals surface area (Å²) in [6.45, 7) is -0.563.